The number of fused-ring (bicyclic) bond motifs is 1. The molecule has 6 rings (SSSR count). The molecule has 0 fully saturated rings. The normalized spacial score (nSPS) is 11.5. The molecular formula is C34H32N5OPS. The van der Waals surface area contributed by atoms with Gasteiger partial charge in [-0.2, -0.15) is 0 Å². The summed E-state index contributed by atoms with van der Waals surface area (Å²) in [6.45, 7) is 3.01. The monoisotopic (exact) mass is 589 g/mol. The molecule has 8 heteroatoms. The SMILES string of the molecule is CCCCn1c(Sc2cccc(OC)c2)nc2c(N=P(c3ccccc3)(c3ccccc3)c3ccccc3)ncnc21. The quantitative estimate of drug-likeness (QED) is 0.154. The molecule has 210 valence electrons. The smallest absolute Gasteiger partial charge is 0.183 e. The third-order valence-electron chi connectivity index (χ3n) is 7.10. The van der Waals surface area contributed by atoms with Crippen molar-refractivity contribution in [3.63, 3.8) is 0 Å². The highest BCUT2D eigenvalue weighted by Crippen LogP contribution is 2.49. The van der Waals surface area contributed by atoms with Crippen LogP contribution < -0.4 is 20.7 Å². The van der Waals surface area contributed by atoms with Crippen molar-refractivity contribution in [1.82, 2.24) is 19.5 Å². The molecule has 0 bridgehead atoms. The lowest BCUT2D eigenvalue weighted by molar-refractivity contribution is 0.413. The average Bonchev–Trinajstić information content (AvgIpc) is 3.41. The fraction of sp³-hybridized carbons (Fsp3) is 0.147. The Kier molecular flexibility index (Phi) is 8.50. The van der Waals surface area contributed by atoms with Gasteiger partial charge in [0.2, 0.25) is 0 Å². The fourth-order valence-corrected chi connectivity index (χ4v) is 9.48. The summed E-state index contributed by atoms with van der Waals surface area (Å²) in [5.41, 5.74) is 1.51. The van der Waals surface area contributed by atoms with Crippen LogP contribution in [0.4, 0.5) is 5.82 Å². The fourth-order valence-electron chi connectivity index (χ4n) is 5.04. The number of aromatic nitrogens is 4. The summed E-state index contributed by atoms with van der Waals surface area (Å²) in [6, 6.07) is 39.8. The largest absolute Gasteiger partial charge is 0.497 e. The standard InChI is InChI=1S/C34H32N5OPS/c1-3-4-23-39-33-31(37-34(39)42-30-22-14-15-26(24-30)40-2)32(35-25-36-33)38-41(27-16-8-5-9-17-27,28-18-10-6-11-19-28)29-20-12-7-13-21-29/h5-22,24-25H,3-4,23H2,1-2H3. The van der Waals surface area contributed by atoms with Gasteiger partial charge >= 0.3 is 0 Å². The van der Waals surface area contributed by atoms with E-state index in [9.17, 15) is 0 Å². The Labute approximate surface area is 250 Å². The Morgan fingerprint density at radius 2 is 1.40 bits per heavy atom. The van der Waals surface area contributed by atoms with E-state index in [1.165, 1.54) is 0 Å². The molecule has 4 aromatic carbocycles. The van der Waals surface area contributed by atoms with Crippen LogP contribution >= 0.6 is 18.8 Å². The first kappa shape index (κ1) is 28.0. The molecule has 0 amide bonds. The summed E-state index contributed by atoms with van der Waals surface area (Å²) in [5, 5.41) is 4.34. The molecular weight excluding hydrogens is 557 g/mol. The number of methoxy groups -OCH3 is 1. The molecule has 0 saturated heterocycles. The van der Waals surface area contributed by atoms with Crippen molar-refractivity contribution in [2.45, 2.75) is 36.4 Å². The van der Waals surface area contributed by atoms with E-state index in [4.69, 9.17) is 24.4 Å². The number of unbranched alkanes of at least 4 members (excludes halogenated alkanes) is 1. The van der Waals surface area contributed by atoms with Crippen LogP contribution in [-0.2, 0) is 6.54 Å². The predicted octanol–water partition coefficient (Wildman–Crippen LogP) is 7.60. The highest BCUT2D eigenvalue weighted by Gasteiger charge is 2.29. The van der Waals surface area contributed by atoms with Crippen LogP contribution in [-0.4, -0.2) is 26.6 Å². The van der Waals surface area contributed by atoms with Gasteiger partial charge in [0.15, 0.2) is 22.1 Å². The second kappa shape index (κ2) is 12.8. The number of nitrogens with zero attached hydrogens (tertiary/aromatic N) is 5. The van der Waals surface area contributed by atoms with Crippen LogP contribution in [0.25, 0.3) is 11.2 Å². The second-order valence-corrected chi connectivity index (χ2v) is 13.9. The van der Waals surface area contributed by atoms with Gasteiger partial charge in [-0.15, -0.1) is 0 Å². The molecule has 2 aromatic heterocycles. The molecule has 0 spiro atoms. The Morgan fingerprint density at radius 1 is 0.786 bits per heavy atom. The summed E-state index contributed by atoms with van der Waals surface area (Å²) < 4.78 is 13.3. The van der Waals surface area contributed by atoms with Gasteiger partial charge in [-0.3, -0.25) is 0 Å². The lowest BCUT2D eigenvalue weighted by atomic mass is 10.3. The summed E-state index contributed by atoms with van der Waals surface area (Å²) >= 11 is 1.61. The van der Waals surface area contributed by atoms with E-state index in [1.807, 2.05) is 18.2 Å². The highest BCUT2D eigenvalue weighted by molar-refractivity contribution is 7.99. The van der Waals surface area contributed by atoms with Crippen LogP contribution in [0.2, 0.25) is 0 Å². The van der Waals surface area contributed by atoms with E-state index >= 15 is 0 Å². The van der Waals surface area contributed by atoms with Gasteiger partial charge in [0, 0.05) is 27.4 Å². The number of benzene rings is 4. The first-order valence-corrected chi connectivity index (χ1v) is 16.6. The maximum atomic E-state index is 5.65. The van der Waals surface area contributed by atoms with Gasteiger partial charge in [-0.05, 0) is 24.6 Å². The van der Waals surface area contributed by atoms with Gasteiger partial charge in [0.05, 0.1) is 14.2 Å². The molecule has 0 aliphatic heterocycles. The number of hydrogen-bond acceptors (Lipinski definition) is 6. The van der Waals surface area contributed by atoms with Crippen molar-refractivity contribution in [1.29, 1.82) is 0 Å². The maximum absolute atomic E-state index is 5.65. The molecule has 0 aliphatic rings. The van der Waals surface area contributed by atoms with Crippen molar-refractivity contribution in [2.24, 2.45) is 4.74 Å². The van der Waals surface area contributed by atoms with E-state index in [-0.39, 0.29) is 0 Å². The van der Waals surface area contributed by atoms with Crippen molar-refractivity contribution < 1.29 is 4.74 Å². The van der Waals surface area contributed by atoms with E-state index in [0.717, 1.165) is 56.7 Å². The molecule has 0 aliphatic carbocycles. The van der Waals surface area contributed by atoms with Crippen molar-refractivity contribution in [3.05, 3.63) is 122 Å². The zero-order valence-electron chi connectivity index (χ0n) is 23.7. The van der Waals surface area contributed by atoms with Crippen molar-refractivity contribution in [2.75, 3.05) is 7.11 Å². The van der Waals surface area contributed by atoms with Crippen molar-refractivity contribution in [3.8, 4) is 5.75 Å². The second-order valence-electron chi connectivity index (χ2n) is 9.79. The molecule has 6 aromatic rings. The molecule has 0 atom stereocenters. The minimum atomic E-state index is -2.52. The summed E-state index contributed by atoms with van der Waals surface area (Å²) in [6.07, 6.45) is 3.71. The van der Waals surface area contributed by atoms with Crippen molar-refractivity contribution >= 4 is 51.7 Å². The molecule has 0 saturated carbocycles. The van der Waals surface area contributed by atoms with Crippen LogP contribution in [0.3, 0.4) is 0 Å². The van der Waals surface area contributed by atoms with Crippen LogP contribution in [0.5, 0.6) is 5.75 Å². The first-order valence-electron chi connectivity index (χ1n) is 14.0. The van der Waals surface area contributed by atoms with Gasteiger partial charge in [0.1, 0.15) is 12.1 Å². The average molecular weight is 590 g/mol. The number of hydrogen-bond donors (Lipinski definition) is 0. The van der Waals surface area contributed by atoms with E-state index in [0.29, 0.717) is 11.3 Å². The Hall–Kier alpha value is -4.19. The number of rotatable bonds is 10. The zero-order valence-corrected chi connectivity index (χ0v) is 25.4. The van der Waals surface area contributed by atoms with Gasteiger partial charge in [0.25, 0.3) is 0 Å². The Balaban J connectivity index is 1.63. The Bertz CT molecular complexity index is 1740. The van der Waals surface area contributed by atoms with Gasteiger partial charge in [-0.25, -0.2) is 19.7 Å². The summed E-state index contributed by atoms with van der Waals surface area (Å²) in [4.78, 5) is 15.7. The molecule has 2 heterocycles. The number of aryl methyl sites for hydroxylation is 1. The van der Waals surface area contributed by atoms with E-state index < -0.39 is 7.05 Å². The molecule has 42 heavy (non-hydrogen) atoms. The van der Waals surface area contributed by atoms with Crippen LogP contribution in [0.1, 0.15) is 19.8 Å². The van der Waals surface area contributed by atoms with Crippen LogP contribution in [0.15, 0.2) is 136 Å². The highest BCUT2D eigenvalue weighted by atomic mass is 32.2. The van der Waals surface area contributed by atoms with E-state index in [1.54, 1.807) is 25.2 Å². The molecule has 0 unspecified atom stereocenters. The third-order valence-corrected chi connectivity index (χ3v) is 11.7. The van der Waals surface area contributed by atoms with E-state index in [2.05, 4.69) is 109 Å². The molecule has 0 radical (unpaired) electrons. The Morgan fingerprint density at radius 3 is 1.98 bits per heavy atom. The minimum absolute atomic E-state index is 0.604. The first-order chi connectivity index (χ1) is 20.7. The number of imidazole rings is 1. The molecule has 6 nitrogen and oxygen atoms in total. The van der Waals surface area contributed by atoms with Gasteiger partial charge < -0.3 is 9.30 Å². The topological polar surface area (TPSA) is 65.2 Å². The summed E-state index contributed by atoms with van der Waals surface area (Å²) in [5.74, 6) is 1.42. The lowest BCUT2D eigenvalue weighted by Gasteiger charge is -2.26. The molecule has 0 N–H and O–H groups in total. The summed E-state index contributed by atoms with van der Waals surface area (Å²) in [7, 11) is -0.836. The number of ether oxygens (including phenoxy) is 1. The zero-order chi connectivity index (χ0) is 28.8. The predicted molar refractivity (Wildman–Crippen MR) is 175 cm³/mol. The lowest BCUT2D eigenvalue weighted by Crippen LogP contribution is -2.25. The maximum Gasteiger partial charge on any atom is 0.183 e. The van der Waals surface area contributed by atoms with Gasteiger partial charge in [-0.1, -0.05) is 122 Å². The van der Waals surface area contributed by atoms with Crippen LogP contribution in [0, 0.1) is 0 Å². The third kappa shape index (κ3) is 5.50. The minimum Gasteiger partial charge on any atom is -0.497 e.